The fourth-order valence-corrected chi connectivity index (χ4v) is 1.90. The third-order valence-electron chi connectivity index (χ3n) is 2.79. The average Bonchev–Trinajstić information content (AvgIpc) is 2.47. The van der Waals surface area contributed by atoms with Gasteiger partial charge in [0.1, 0.15) is 5.69 Å². The lowest BCUT2D eigenvalue weighted by atomic mass is 10.2. The van der Waals surface area contributed by atoms with Gasteiger partial charge in [-0.15, -0.1) is 0 Å². The number of urea groups is 1. The molecule has 2 aromatic carbocycles. The summed E-state index contributed by atoms with van der Waals surface area (Å²) in [4.78, 5) is 33.3. The molecule has 0 aromatic heterocycles. The van der Waals surface area contributed by atoms with Crippen molar-refractivity contribution in [1.82, 2.24) is 0 Å². The van der Waals surface area contributed by atoms with E-state index in [-0.39, 0.29) is 17.3 Å². The highest BCUT2D eigenvalue weighted by atomic mass is 16.6. The van der Waals surface area contributed by atoms with Crippen LogP contribution in [0.1, 0.15) is 6.92 Å². The number of para-hydroxylation sites is 2. The SMILES string of the molecule is CC(=O)Nc1cccc(NC(=O)Nc2ccccc2[N+](=O)[O-])c1. The second-order valence-corrected chi connectivity index (χ2v) is 4.62. The van der Waals surface area contributed by atoms with Gasteiger partial charge in [0.15, 0.2) is 0 Å². The summed E-state index contributed by atoms with van der Waals surface area (Å²) >= 11 is 0. The molecule has 3 N–H and O–H groups in total. The molecule has 0 bridgehead atoms. The van der Waals surface area contributed by atoms with E-state index in [1.807, 2.05) is 0 Å². The maximum absolute atomic E-state index is 12.0. The van der Waals surface area contributed by atoms with E-state index in [0.717, 1.165) is 0 Å². The molecule has 0 saturated carbocycles. The molecule has 0 fully saturated rings. The molecule has 8 heteroatoms. The van der Waals surface area contributed by atoms with Crippen LogP contribution >= 0.6 is 0 Å². The summed E-state index contributed by atoms with van der Waals surface area (Å²) in [6.45, 7) is 1.38. The predicted octanol–water partition coefficient (Wildman–Crippen LogP) is 3.20. The summed E-state index contributed by atoms with van der Waals surface area (Å²) in [6, 6.07) is 11.7. The molecular formula is C15H14N4O4. The topological polar surface area (TPSA) is 113 Å². The van der Waals surface area contributed by atoms with E-state index in [2.05, 4.69) is 16.0 Å². The molecular weight excluding hydrogens is 300 g/mol. The summed E-state index contributed by atoms with van der Waals surface area (Å²) < 4.78 is 0. The van der Waals surface area contributed by atoms with Crippen molar-refractivity contribution in [3.8, 4) is 0 Å². The molecule has 0 unspecified atom stereocenters. The Hall–Kier alpha value is -3.42. The van der Waals surface area contributed by atoms with Crippen molar-refractivity contribution in [2.45, 2.75) is 6.92 Å². The Morgan fingerprint density at radius 1 is 0.957 bits per heavy atom. The first-order valence-corrected chi connectivity index (χ1v) is 6.65. The Labute approximate surface area is 131 Å². The summed E-state index contributed by atoms with van der Waals surface area (Å²) in [7, 11) is 0. The van der Waals surface area contributed by atoms with Crippen LogP contribution in [0.4, 0.5) is 27.5 Å². The van der Waals surface area contributed by atoms with Crippen LogP contribution in [0.2, 0.25) is 0 Å². The third kappa shape index (κ3) is 4.53. The van der Waals surface area contributed by atoms with Crippen molar-refractivity contribution in [3.63, 3.8) is 0 Å². The van der Waals surface area contributed by atoms with Gasteiger partial charge in [0.05, 0.1) is 4.92 Å². The molecule has 0 atom stereocenters. The molecule has 8 nitrogen and oxygen atoms in total. The number of benzene rings is 2. The number of carbonyl (C=O) groups excluding carboxylic acids is 2. The molecule has 2 aromatic rings. The van der Waals surface area contributed by atoms with Crippen LogP contribution in [-0.4, -0.2) is 16.9 Å². The lowest BCUT2D eigenvalue weighted by Gasteiger charge is -2.09. The van der Waals surface area contributed by atoms with E-state index in [0.29, 0.717) is 11.4 Å². The van der Waals surface area contributed by atoms with Crippen LogP contribution in [0.15, 0.2) is 48.5 Å². The van der Waals surface area contributed by atoms with Gasteiger partial charge in [-0.05, 0) is 24.3 Å². The highest BCUT2D eigenvalue weighted by Crippen LogP contribution is 2.23. The van der Waals surface area contributed by atoms with Gasteiger partial charge >= 0.3 is 6.03 Å². The zero-order valence-corrected chi connectivity index (χ0v) is 12.2. The number of rotatable bonds is 4. The normalized spacial score (nSPS) is 9.78. The van der Waals surface area contributed by atoms with Crippen LogP contribution in [0, 0.1) is 10.1 Å². The smallest absolute Gasteiger partial charge is 0.323 e. The monoisotopic (exact) mass is 314 g/mol. The van der Waals surface area contributed by atoms with Crippen molar-refractivity contribution in [2.24, 2.45) is 0 Å². The molecule has 3 amide bonds. The summed E-state index contributed by atoms with van der Waals surface area (Å²) in [5, 5.41) is 18.5. The summed E-state index contributed by atoms with van der Waals surface area (Å²) in [6.07, 6.45) is 0. The number of nitrogens with one attached hydrogen (secondary N) is 3. The number of carbonyl (C=O) groups is 2. The van der Waals surface area contributed by atoms with E-state index in [1.165, 1.54) is 25.1 Å². The van der Waals surface area contributed by atoms with Gasteiger partial charge in [0.2, 0.25) is 5.91 Å². The Morgan fingerprint density at radius 3 is 2.26 bits per heavy atom. The Morgan fingerprint density at radius 2 is 1.61 bits per heavy atom. The van der Waals surface area contributed by atoms with E-state index >= 15 is 0 Å². The Bertz CT molecular complexity index is 761. The molecule has 0 radical (unpaired) electrons. The van der Waals surface area contributed by atoms with Crippen LogP contribution in [0.3, 0.4) is 0 Å². The molecule has 0 aliphatic rings. The second kappa shape index (κ2) is 7.03. The Balaban J connectivity index is 2.08. The Kier molecular flexibility index (Phi) is 4.88. The third-order valence-corrected chi connectivity index (χ3v) is 2.79. The van der Waals surface area contributed by atoms with Crippen LogP contribution in [-0.2, 0) is 4.79 Å². The van der Waals surface area contributed by atoms with Gasteiger partial charge in [-0.25, -0.2) is 4.79 Å². The van der Waals surface area contributed by atoms with E-state index in [1.54, 1.807) is 30.3 Å². The summed E-state index contributed by atoms with van der Waals surface area (Å²) in [5.41, 5.74) is 0.857. The first kappa shape index (κ1) is 16.0. The number of anilines is 3. The number of hydrogen-bond acceptors (Lipinski definition) is 4. The highest BCUT2D eigenvalue weighted by Gasteiger charge is 2.14. The van der Waals surface area contributed by atoms with E-state index in [4.69, 9.17) is 0 Å². The first-order chi connectivity index (χ1) is 11.0. The minimum absolute atomic E-state index is 0.0908. The van der Waals surface area contributed by atoms with Gasteiger partial charge in [-0.2, -0.15) is 0 Å². The van der Waals surface area contributed by atoms with E-state index < -0.39 is 11.0 Å². The maximum atomic E-state index is 12.0. The number of hydrogen-bond donors (Lipinski definition) is 3. The molecule has 23 heavy (non-hydrogen) atoms. The van der Waals surface area contributed by atoms with Crippen LogP contribution in [0.25, 0.3) is 0 Å². The summed E-state index contributed by atoms with van der Waals surface area (Å²) in [5.74, 6) is -0.230. The van der Waals surface area contributed by atoms with Crippen molar-refractivity contribution < 1.29 is 14.5 Å². The van der Waals surface area contributed by atoms with Gasteiger partial charge < -0.3 is 16.0 Å². The van der Waals surface area contributed by atoms with Crippen molar-refractivity contribution in [3.05, 3.63) is 58.6 Å². The molecule has 0 heterocycles. The largest absolute Gasteiger partial charge is 0.326 e. The molecule has 118 valence electrons. The fourth-order valence-electron chi connectivity index (χ4n) is 1.90. The molecule has 0 spiro atoms. The minimum atomic E-state index is -0.626. The average molecular weight is 314 g/mol. The number of amides is 3. The highest BCUT2D eigenvalue weighted by molar-refractivity contribution is 6.01. The zero-order valence-electron chi connectivity index (χ0n) is 12.2. The quantitative estimate of drug-likeness (QED) is 0.594. The lowest BCUT2D eigenvalue weighted by Crippen LogP contribution is -2.20. The fraction of sp³-hybridized carbons (Fsp3) is 0.0667. The standard InChI is InChI=1S/C15H14N4O4/c1-10(20)16-11-5-4-6-12(9-11)17-15(21)18-13-7-2-3-8-14(13)19(22)23/h2-9H,1H3,(H,16,20)(H2,17,18,21). The van der Waals surface area contributed by atoms with Crippen LogP contribution < -0.4 is 16.0 Å². The number of nitro groups is 1. The zero-order chi connectivity index (χ0) is 16.8. The second-order valence-electron chi connectivity index (χ2n) is 4.62. The lowest BCUT2D eigenvalue weighted by molar-refractivity contribution is -0.383. The molecule has 0 saturated heterocycles. The van der Waals surface area contributed by atoms with Crippen LogP contribution in [0.5, 0.6) is 0 Å². The predicted molar refractivity (Wildman–Crippen MR) is 86.5 cm³/mol. The van der Waals surface area contributed by atoms with Crippen molar-refractivity contribution >= 4 is 34.7 Å². The van der Waals surface area contributed by atoms with Gasteiger partial charge in [-0.3, -0.25) is 14.9 Å². The maximum Gasteiger partial charge on any atom is 0.323 e. The first-order valence-electron chi connectivity index (χ1n) is 6.65. The van der Waals surface area contributed by atoms with Gasteiger partial charge in [-0.1, -0.05) is 18.2 Å². The molecule has 0 aliphatic carbocycles. The number of nitro benzene ring substituents is 1. The van der Waals surface area contributed by atoms with Crippen molar-refractivity contribution in [1.29, 1.82) is 0 Å². The van der Waals surface area contributed by atoms with Crippen molar-refractivity contribution in [2.75, 3.05) is 16.0 Å². The van der Waals surface area contributed by atoms with E-state index in [9.17, 15) is 19.7 Å². The minimum Gasteiger partial charge on any atom is -0.326 e. The van der Waals surface area contributed by atoms with Gasteiger partial charge in [0, 0.05) is 24.4 Å². The molecule has 2 rings (SSSR count). The molecule has 0 aliphatic heterocycles. The van der Waals surface area contributed by atoms with Gasteiger partial charge in [0.25, 0.3) is 5.69 Å². The number of nitrogens with zero attached hydrogens (tertiary/aromatic N) is 1.